The molecule has 2 fully saturated rings. The molecule has 4 atom stereocenters. The molecule has 6 heteroatoms. The summed E-state index contributed by atoms with van der Waals surface area (Å²) in [6.45, 7) is 4.62. The van der Waals surface area contributed by atoms with Crippen LogP contribution in [0.3, 0.4) is 0 Å². The van der Waals surface area contributed by atoms with Gasteiger partial charge in [-0.1, -0.05) is 68.3 Å². The Morgan fingerprint density at radius 2 is 1.13 bits per heavy atom. The van der Waals surface area contributed by atoms with Gasteiger partial charge in [-0.25, -0.2) is 0 Å². The molecular formula is C24H26Br2O4. The van der Waals surface area contributed by atoms with Crippen LogP contribution in [0.25, 0.3) is 0 Å². The highest BCUT2D eigenvalue weighted by molar-refractivity contribution is 9.10. The molecule has 2 aliphatic carbocycles. The lowest BCUT2D eigenvalue weighted by atomic mass is 10.1. The predicted octanol–water partition coefficient (Wildman–Crippen LogP) is 6.23. The van der Waals surface area contributed by atoms with Crippen LogP contribution in [0.5, 0.6) is 0 Å². The zero-order valence-corrected chi connectivity index (χ0v) is 20.3. The molecule has 4 rings (SSSR count). The number of benzene rings is 2. The normalized spacial score (nSPS) is 23.6. The maximum atomic E-state index is 11.5. The largest absolute Gasteiger partial charge is 0.466 e. The third-order valence-corrected chi connectivity index (χ3v) is 6.81. The van der Waals surface area contributed by atoms with Crippen molar-refractivity contribution in [2.24, 2.45) is 11.8 Å². The number of hydrogen-bond donors (Lipinski definition) is 0. The number of ether oxygens (including phenoxy) is 2. The van der Waals surface area contributed by atoms with Crippen LogP contribution in [0.15, 0.2) is 57.5 Å². The average Bonchev–Trinajstić information content (AvgIpc) is 3.63. The summed E-state index contributed by atoms with van der Waals surface area (Å²) >= 11 is 7.00. The second kappa shape index (κ2) is 10.6. The van der Waals surface area contributed by atoms with Crippen molar-refractivity contribution in [3.63, 3.8) is 0 Å². The lowest BCUT2D eigenvalue weighted by Crippen LogP contribution is -2.07. The lowest BCUT2D eigenvalue weighted by molar-refractivity contribution is -0.145. The van der Waals surface area contributed by atoms with Crippen molar-refractivity contribution in [2.75, 3.05) is 13.2 Å². The first-order valence-electron chi connectivity index (χ1n) is 10.3. The summed E-state index contributed by atoms with van der Waals surface area (Å²) in [6.07, 6.45) is 1.84. The third kappa shape index (κ3) is 5.73. The van der Waals surface area contributed by atoms with Gasteiger partial charge in [0.2, 0.25) is 0 Å². The van der Waals surface area contributed by atoms with E-state index < -0.39 is 0 Å². The summed E-state index contributed by atoms with van der Waals surface area (Å²) in [5, 5.41) is 0. The number of halogens is 2. The molecule has 0 bridgehead atoms. The molecule has 4 nitrogen and oxygen atoms in total. The number of hydrogen-bond acceptors (Lipinski definition) is 4. The average molecular weight is 538 g/mol. The van der Waals surface area contributed by atoms with Crippen molar-refractivity contribution in [3.8, 4) is 0 Å². The van der Waals surface area contributed by atoms with Crippen LogP contribution in [-0.4, -0.2) is 25.2 Å². The van der Waals surface area contributed by atoms with Crippen molar-refractivity contribution in [1.29, 1.82) is 0 Å². The van der Waals surface area contributed by atoms with Gasteiger partial charge >= 0.3 is 11.9 Å². The minimum atomic E-state index is -0.0572. The Morgan fingerprint density at radius 1 is 0.767 bits per heavy atom. The predicted molar refractivity (Wildman–Crippen MR) is 123 cm³/mol. The van der Waals surface area contributed by atoms with Gasteiger partial charge in [-0.2, -0.15) is 0 Å². The SMILES string of the molecule is CCOC(=O)C1CC1c1ccccc1Br.CCOC(=O)C1CC1c1ccccc1Br. The van der Waals surface area contributed by atoms with Gasteiger partial charge in [0.1, 0.15) is 0 Å². The van der Waals surface area contributed by atoms with Crippen LogP contribution >= 0.6 is 31.9 Å². The first kappa shape index (κ1) is 23.0. The molecule has 160 valence electrons. The highest BCUT2D eigenvalue weighted by Crippen LogP contribution is 2.50. The molecule has 2 aromatic rings. The molecule has 2 aromatic carbocycles. The van der Waals surface area contributed by atoms with Gasteiger partial charge in [0.15, 0.2) is 0 Å². The van der Waals surface area contributed by atoms with E-state index in [0.717, 1.165) is 21.8 Å². The van der Waals surface area contributed by atoms with Crippen molar-refractivity contribution in [1.82, 2.24) is 0 Å². The fourth-order valence-electron chi connectivity index (χ4n) is 3.65. The van der Waals surface area contributed by atoms with E-state index in [4.69, 9.17) is 9.47 Å². The Hall–Kier alpha value is -1.66. The van der Waals surface area contributed by atoms with Crippen LogP contribution < -0.4 is 0 Å². The minimum absolute atomic E-state index is 0.0572. The van der Waals surface area contributed by atoms with Crippen LogP contribution in [0.2, 0.25) is 0 Å². The quantitative estimate of drug-likeness (QED) is 0.410. The first-order chi connectivity index (χ1) is 14.5. The number of rotatable bonds is 6. The van der Waals surface area contributed by atoms with E-state index in [0.29, 0.717) is 25.0 Å². The fourth-order valence-corrected chi connectivity index (χ4v) is 4.81. The Morgan fingerprint density at radius 3 is 1.47 bits per heavy atom. The lowest BCUT2D eigenvalue weighted by Gasteiger charge is -2.03. The number of carbonyl (C=O) groups excluding carboxylic acids is 2. The van der Waals surface area contributed by atoms with Crippen molar-refractivity contribution >= 4 is 43.8 Å². The van der Waals surface area contributed by atoms with Gasteiger partial charge in [0.05, 0.1) is 25.0 Å². The third-order valence-electron chi connectivity index (χ3n) is 5.37. The van der Waals surface area contributed by atoms with Crippen LogP contribution in [0.1, 0.15) is 49.7 Å². The second-order valence-electron chi connectivity index (χ2n) is 7.44. The maximum absolute atomic E-state index is 11.5. The van der Waals surface area contributed by atoms with E-state index in [1.807, 2.05) is 50.2 Å². The molecule has 0 saturated heterocycles. The monoisotopic (exact) mass is 536 g/mol. The summed E-state index contributed by atoms with van der Waals surface area (Å²) in [5.74, 6) is 0.725. The van der Waals surface area contributed by atoms with Gasteiger partial charge < -0.3 is 9.47 Å². The highest BCUT2D eigenvalue weighted by atomic mass is 79.9. The summed E-state index contributed by atoms with van der Waals surface area (Å²) in [4.78, 5) is 22.9. The number of esters is 2. The van der Waals surface area contributed by atoms with Gasteiger partial charge in [0, 0.05) is 8.95 Å². The molecule has 0 aliphatic heterocycles. The Labute approximate surface area is 194 Å². The molecule has 0 amide bonds. The van der Waals surface area contributed by atoms with Crippen LogP contribution in [-0.2, 0) is 19.1 Å². The van der Waals surface area contributed by atoms with E-state index in [1.165, 1.54) is 11.1 Å². The summed E-state index contributed by atoms with van der Waals surface area (Å²) in [7, 11) is 0. The van der Waals surface area contributed by atoms with E-state index in [9.17, 15) is 9.59 Å². The van der Waals surface area contributed by atoms with Crippen molar-refractivity contribution in [3.05, 3.63) is 68.6 Å². The smallest absolute Gasteiger partial charge is 0.309 e. The van der Waals surface area contributed by atoms with E-state index in [1.54, 1.807) is 0 Å². The highest BCUT2D eigenvalue weighted by Gasteiger charge is 2.46. The van der Waals surface area contributed by atoms with Gasteiger partial charge in [0.25, 0.3) is 0 Å². The second-order valence-corrected chi connectivity index (χ2v) is 9.15. The van der Waals surface area contributed by atoms with Crippen LogP contribution in [0, 0.1) is 11.8 Å². The molecule has 0 spiro atoms. The molecule has 0 aromatic heterocycles. The van der Waals surface area contributed by atoms with Crippen LogP contribution in [0.4, 0.5) is 0 Å². The van der Waals surface area contributed by atoms with Gasteiger partial charge in [-0.3, -0.25) is 9.59 Å². The van der Waals surface area contributed by atoms with E-state index >= 15 is 0 Å². The molecule has 4 unspecified atom stereocenters. The molecule has 2 saturated carbocycles. The molecule has 0 N–H and O–H groups in total. The molecule has 30 heavy (non-hydrogen) atoms. The Bertz CT molecular complexity index is 825. The molecule has 2 aliphatic rings. The number of carbonyl (C=O) groups is 2. The molecular weight excluding hydrogens is 512 g/mol. The van der Waals surface area contributed by atoms with Gasteiger partial charge in [-0.15, -0.1) is 0 Å². The maximum Gasteiger partial charge on any atom is 0.309 e. The topological polar surface area (TPSA) is 52.6 Å². The summed E-state index contributed by atoms with van der Waals surface area (Å²) < 4.78 is 12.2. The first-order valence-corrected chi connectivity index (χ1v) is 11.9. The minimum Gasteiger partial charge on any atom is -0.466 e. The van der Waals surface area contributed by atoms with E-state index in [-0.39, 0.29) is 23.8 Å². The molecule has 0 heterocycles. The van der Waals surface area contributed by atoms with E-state index in [2.05, 4.69) is 44.0 Å². The summed E-state index contributed by atoms with van der Waals surface area (Å²) in [6, 6.07) is 16.1. The Balaban J connectivity index is 0.000000171. The fraction of sp³-hybridized carbons (Fsp3) is 0.417. The Kier molecular flexibility index (Phi) is 8.12. The molecule has 0 radical (unpaired) electrons. The van der Waals surface area contributed by atoms with Crippen molar-refractivity contribution < 1.29 is 19.1 Å². The van der Waals surface area contributed by atoms with Crippen molar-refractivity contribution in [2.45, 2.75) is 38.5 Å². The zero-order chi connectivity index (χ0) is 21.7. The summed E-state index contributed by atoms with van der Waals surface area (Å²) in [5.41, 5.74) is 2.44. The standard InChI is InChI=1S/2C12H13BrO2/c2*1-2-15-12(14)10-7-9(10)8-5-3-4-6-11(8)13/h2*3-6,9-10H,2,7H2,1H3. The zero-order valence-electron chi connectivity index (χ0n) is 17.1. The van der Waals surface area contributed by atoms with Gasteiger partial charge in [-0.05, 0) is 61.8 Å².